The van der Waals surface area contributed by atoms with Gasteiger partial charge in [0.1, 0.15) is 18.2 Å². The van der Waals surface area contributed by atoms with Crippen molar-refractivity contribution in [1.82, 2.24) is 10.2 Å². The van der Waals surface area contributed by atoms with Gasteiger partial charge in [0.2, 0.25) is 0 Å². The topological polar surface area (TPSA) is 105 Å². The van der Waals surface area contributed by atoms with Crippen LogP contribution in [0.2, 0.25) is 0 Å². The highest BCUT2D eigenvalue weighted by Crippen LogP contribution is 2.44. The molecule has 1 atom stereocenters. The van der Waals surface area contributed by atoms with Crippen LogP contribution in [0.5, 0.6) is 0 Å². The molecule has 0 fully saturated rings. The number of likely N-dealkylation sites (N-methyl/N-ethyl adjacent to an activating group) is 1. The van der Waals surface area contributed by atoms with Crippen molar-refractivity contribution in [3.63, 3.8) is 0 Å². The number of amides is 1. The number of nitrogens with one attached hydrogen (secondary N) is 1. The molecule has 3 rings (SSSR count). The highest BCUT2D eigenvalue weighted by Gasteiger charge is 2.30. The van der Waals surface area contributed by atoms with Gasteiger partial charge >= 0.3 is 18.0 Å². The first-order valence-electron chi connectivity index (χ1n) is 10.8. The molecule has 0 saturated carbocycles. The van der Waals surface area contributed by atoms with E-state index in [9.17, 15) is 19.5 Å². The Hall–Kier alpha value is -3.39. The lowest BCUT2D eigenvalue weighted by Crippen LogP contribution is -2.49. The fourth-order valence-corrected chi connectivity index (χ4v) is 3.94. The molecular formula is C25H30N2O6. The predicted octanol–water partition coefficient (Wildman–Crippen LogP) is 3.25. The molecule has 1 aliphatic carbocycles. The lowest BCUT2D eigenvalue weighted by atomic mass is 9.98. The smallest absolute Gasteiger partial charge is 0.407 e. The molecule has 176 valence electrons. The third-order valence-corrected chi connectivity index (χ3v) is 5.25. The largest absolute Gasteiger partial charge is 0.480 e. The van der Waals surface area contributed by atoms with Crippen LogP contribution in [-0.4, -0.2) is 66.4 Å². The first-order chi connectivity index (χ1) is 15.5. The maximum Gasteiger partial charge on any atom is 0.407 e. The third-order valence-electron chi connectivity index (χ3n) is 5.25. The number of hydrogen-bond donors (Lipinski definition) is 2. The molecule has 1 aliphatic rings. The number of esters is 1. The van der Waals surface area contributed by atoms with Gasteiger partial charge in [-0.2, -0.15) is 0 Å². The van der Waals surface area contributed by atoms with E-state index in [0.717, 1.165) is 22.3 Å². The Kier molecular flexibility index (Phi) is 7.38. The number of benzene rings is 2. The molecule has 8 nitrogen and oxygen atoms in total. The maximum atomic E-state index is 12.4. The second-order valence-corrected chi connectivity index (χ2v) is 9.14. The van der Waals surface area contributed by atoms with Gasteiger partial charge in [-0.25, -0.2) is 9.59 Å². The number of aliphatic carboxylic acids is 1. The highest BCUT2D eigenvalue weighted by atomic mass is 16.6. The molecule has 0 saturated heterocycles. The van der Waals surface area contributed by atoms with Crippen LogP contribution >= 0.6 is 0 Å². The molecule has 1 unspecified atom stereocenters. The summed E-state index contributed by atoms with van der Waals surface area (Å²) in [6.45, 7) is 5.16. The molecule has 0 aliphatic heterocycles. The summed E-state index contributed by atoms with van der Waals surface area (Å²) in [4.78, 5) is 37.5. The minimum absolute atomic E-state index is 0.0833. The van der Waals surface area contributed by atoms with Crippen molar-refractivity contribution in [2.24, 2.45) is 0 Å². The fourth-order valence-electron chi connectivity index (χ4n) is 3.94. The minimum atomic E-state index is -1.24. The SMILES string of the molecule is CN(CC(=O)OC(C)(C)C)CC(NC(=O)OCC1c2ccccc2-c2ccccc21)C(=O)O. The average Bonchev–Trinajstić information content (AvgIpc) is 3.04. The van der Waals surface area contributed by atoms with Crippen LogP contribution in [0.3, 0.4) is 0 Å². The van der Waals surface area contributed by atoms with Crippen molar-refractivity contribution < 1.29 is 29.0 Å². The second-order valence-electron chi connectivity index (χ2n) is 9.14. The van der Waals surface area contributed by atoms with E-state index in [1.165, 1.54) is 4.90 Å². The van der Waals surface area contributed by atoms with Gasteiger partial charge in [0.25, 0.3) is 0 Å². The molecule has 8 heteroatoms. The van der Waals surface area contributed by atoms with E-state index < -0.39 is 29.7 Å². The van der Waals surface area contributed by atoms with Crippen molar-refractivity contribution in [2.75, 3.05) is 26.7 Å². The van der Waals surface area contributed by atoms with Crippen LogP contribution in [0.4, 0.5) is 4.79 Å². The van der Waals surface area contributed by atoms with Crippen molar-refractivity contribution in [1.29, 1.82) is 0 Å². The summed E-state index contributed by atoms with van der Waals surface area (Å²) < 4.78 is 10.7. The Morgan fingerprint density at radius 1 is 1.03 bits per heavy atom. The number of hydrogen-bond acceptors (Lipinski definition) is 6. The van der Waals surface area contributed by atoms with Crippen molar-refractivity contribution in [3.8, 4) is 11.1 Å². The first kappa shape index (κ1) is 24.3. The Labute approximate surface area is 193 Å². The molecule has 0 bridgehead atoms. The van der Waals surface area contributed by atoms with Gasteiger partial charge in [0.15, 0.2) is 0 Å². The summed E-state index contributed by atoms with van der Waals surface area (Å²) in [6, 6.07) is 14.7. The Balaban J connectivity index is 1.58. The normalized spacial score (nSPS) is 13.7. The number of rotatable bonds is 8. The number of nitrogens with zero attached hydrogens (tertiary/aromatic N) is 1. The van der Waals surface area contributed by atoms with Gasteiger partial charge in [-0.1, -0.05) is 48.5 Å². The molecule has 0 aromatic heterocycles. The van der Waals surface area contributed by atoms with Crippen LogP contribution in [0.15, 0.2) is 48.5 Å². The van der Waals surface area contributed by atoms with Gasteiger partial charge < -0.3 is 19.9 Å². The third kappa shape index (κ3) is 6.32. The molecule has 33 heavy (non-hydrogen) atoms. The summed E-state index contributed by atoms with van der Waals surface area (Å²) in [7, 11) is 1.58. The zero-order valence-electron chi connectivity index (χ0n) is 19.3. The van der Waals surface area contributed by atoms with Crippen LogP contribution in [0.25, 0.3) is 11.1 Å². The van der Waals surface area contributed by atoms with E-state index in [2.05, 4.69) is 5.32 Å². The van der Waals surface area contributed by atoms with Crippen LogP contribution in [0.1, 0.15) is 37.8 Å². The van der Waals surface area contributed by atoms with Gasteiger partial charge in [-0.05, 0) is 50.1 Å². The van der Waals surface area contributed by atoms with Crippen molar-refractivity contribution in [2.45, 2.75) is 38.3 Å². The molecule has 0 radical (unpaired) electrons. The second kappa shape index (κ2) is 10.0. The zero-order valence-corrected chi connectivity index (χ0v) is 19.3. The molecule has 0 spiro atoms. The molecule has 0 heterocycles. The van der Waals surface area contributed by atoms with E-state index >= 15 is 0 Å². The van der Waals surface area contributed by atoms with Crippen LogP contribution in [-0.2, 0) is 19.1 Å². The monoisotopic (exact) mass is 454 g/mol. The molecule has 1 amide bonds. The van der Waals surface area contributed by atoms with E-state index in [1.807, 2.05) is 48.5 Å². The number of carboxylic acids is 1. The molecule has 2 aromatic carbocycles. The van der Waals surface area contributed by atoms with E-state index in [0.29, 0.717) is 0 Å². The standard InChI is InChI=1S/C25H30N2O6/c1-25(2,3)33-22(28)14-27(4)13-21(23(29)30)26-24(31)32-15-20-18-11-7-5-9-16(18)17-10-6-8-12-19(17)20/h5-12,20-21H,13-15H2,1-4H3,(H,26,31)(H,29,30). The van der Waals surface area contributed by atoms with E-state index in [1.54, 1.807) is 27.8 Å². The van der Waals surface area contributed by atoms with E-state index in [4.69, 9.17) is 9.47 Å². The summed E-state index contributed by atoms with van der Waals surface area (Å²) in [5.41, 5.74) is 3.71. The minimum Gasteiger partial charge on any atom is -0.480 e. The maximum absolute atomic E-state index is 12.4. The predicted molar refractivity (Wildman–Crippen MR) is 123 cm³/mol. The lowest BCUT2D eigenvalue weighted by Gasteiger charge is -2.24. The molecule has 2 aromatic rings. The fraction of sp³-hybridized carbons (Fsp3) is 0.400. The number of carbonyl (C=O) groups is 3. The Morgan fingerprint density at radius 2 is 1.58 bits per heavy atom. The summed E-state index contributed by atoms with van der Waals surface area (Å²) in [5, 5.41) is 11.9. The van der Waals surface area contributed by atoms with Gasteiger partial charge in [-0.3, -0.25) is 9.69 Å². The van der Waals surface area contributed by atoms with Crippen LogP contribution in [0, 0.1) is 0 Å². The quantitative estimate of drug-likeness (QED) is 0.590. The average molecular weight is 455 g/mol. The summed E-state index contributed by atoms with van der Waals surface area (Å²) in [5.74, 6) is -1.82. The Bertz CT molecular complexity index is 984. The Morgan fingerprint density at radius 3 is 2.09 bits per heavy atom. The lowest BCUT2D eigenvalue weighted by molar-refractivity contribution is -0.156. The number of alkyl carbamates (subject to hydrolysis) is 1. The molecular weight excluding hydrogens is 424 g/mol. The van der Waals surface area contributed by atoms with Gasteiger partial charge in [0, 0.05) is 12.5 Å². The highest BCUT2D eigenvalue weighted by molar-refractivity contribution is 5.81. The van der Waals surface area contributed by atoms with Crippen LogP contribution < -0.4 is 5.32 Å². The zero-order chi connectivity index (χ0) is 24.2. The van der Waals surface area contributed by atoms with Gasteiger partial charge in [0.05, 0.1) is 6.54 Å². The van der Waals surface area contributed by atoms with Gasteiger partial charge in [-0.15, -0.1) is 0 Å². The summed E-state index contributed by atoms with van der Waals surface area (Å²) in [6.07, 6.45) is -0.824. The van der Waals surface area contributed by atoms with Crippen molar-refractivity contribution in [3.05, 3.63) is 59.7 Å². The first-order valence-corrected chi connectivity index (χ1v) is 10.8. The molecule has 2 N–H and O–H groups in total. The van der Waals surface area contributed by atoms with Crippen molar-refractivity contribution >= 4 is 18.0 Å². The van der Waals surface area contributed by atoms with E-state index in [-0.39, 0.29) is 25.6 Å². The number of ether oxygens (including phenoxy) is 2. The summed E-state index contributed by atoms with van der Waals surface area (Å²) >= 11 is 0. The number of carboxylic acid groups (broad SMARTS) is 1. The number of carbonyl (C=O) groups excluding carboxylic acids is 2. The number of fused-ring (bicyclic) bond motifs is 3.